The number of anilines is 1. The number of nitrogens with one attached hydrogen (secondary N) is 1. The van der Waals surface area contributed by atoms with Gasteiger partial charge in [-0.15, -0.1) is 0 Å². The summed E-state index contributed by atoms with van der Waals surface area (Å²) in [4.78, 5) is 16.5. The van der Waals surface area contributed by atoms with E-state index in [0.717, 1.165) is 0 Å². The molecule has 1 N–H and O–H groups in total. The minimum Gasteiger partial charge on any atom is -0.465 e. The van der Waals surface area contributed by atoms with Crippen molar-refractivity contribution in [1.29, 1.82) is 5.26 Å². The molecule has 0 aliphatic rings. The summed E-state index contributed by atoms with van der Waals surface area (Å²) in [7, 11) is 1.29. The molecule has 0 radical (unpaired) electrons. The molecule has 1 aromatic carbocycles. The maximum absolute atomic E-state index is 12.1. The van der Waals surface area contributed by atoms with Crippen LogP contribution in [0.3, 0.4) is 0 Å². The average molecular weight is 432 g/mol. The fourth-order valence-corrected chi connectivity index (χ4v) is 3.31. The van der Waals surface area contributed by atoms with Crippen molar-refractivity contribution < 1.29 is 9.53 Å². The van der Waals surface area contributed by atoms with E-state index in [4.69, 9.17) is 33.2 Å². The normalized spacial score (nSPS) is 12.1. The van der Waals surface area contributed by atoms with Crippen molar-refractivity contribution in [3.63, 3.8) is 0 Å². The van der Waals surface area contributed by atoms with E-state index < -0.39 is 5.97 Å². The highest BCUT2D eigenvalue weighted by molar-refractivity contribution is 6.36. The number of nitriles is 1. The lowest BCUT2D eigenvalue weighted by Gasteiger charge is -2.22. The van der Waals surface area contributed by atoms with Gasteiger partial charge in [-0.3, -0.25) is 0 Å². The Morgan fingerprint density at radius 2 is 2.03 bits per heavy atom. The lowest BCUT2D eigenvalue weighted by molar-refractivity contribution is 0.0602. The molecule has 3 rings (SSSR count). The SMILES string of the molecule is COC(=O)c1cnn2c(N[C@@H](C)C(C)C)c(-c3ccc(C#N)cc3Cl)c(Cl)nc12. The summed E-state index contributed by atoms with van der Waals surface area (Å²) < 4.78 is 6.33. The average Bonchev–Trinajstić information content (AvgIpc) is 3.11. The van der Waals surface area contributed by atoms with E-state index in [1.165, 1.54) is 17.8 Å². The standard InChI is InChI=1S/C20H19Cl2N5O2/c1-10(2)11(3)25-19-16(13-6-5-12(8-23)7-15(13)21)17(22)26-18-14(20(28)29-4)9-24-27(18)19/h5-7,9-11,25H,1-4H3/t11-/m0/s1. The third-order valence-corrected chi connectivity index (χ3v) is 5.33. The molecule has 2 heterocycles. The third kappa shape index (κ3) is 3.86. The van der Waals surface area contributed by atoms with Gasteiger partial charge in [-0.1, -0.05) is 43.1 Å². The molecule has 9 heteroatoms. The van der Waals surface area contributed by atoms with Crippen LogP contribution in [0.2, 0.25) is 10.2 Å². The number of esters is 1. The lowest BCUT2D eigenvalue weighted by atomic mass is 10.0. The van der Waals surface area contributed by atoms with Crippen LogP contribution in [0.1, 0.15) is 36.7 Å². The molecule has 0 aliphatic carbocycles. The number of halogens is 2. The molecule has 0 amide bonds. The summed E-state index contributed by atoms with van der Waals surface area (Å²) in [5.74, 6) is 0.287. The number of hydrogen-bond donors (Lipinski definition) is 1. The highest BCUT2D eigenvalue weighted by Crippen LogP contribution is 2.39. The first kappa shape index (κ1) is 20.9. The minimum atomic E-state index is -0.560. The first-order valence-corrected chi connectivity index (χ1v) is 9.66. The van der Waals surface area contributed by atoms with Crippen molar-refractivity contribution in [2.24, 2.45) is 5.92 Å². The van der Waals surface area contributed by atoms with Gasteiger partial charge < -0.3 is 10.1 Å². The Labute approximate surface area is 178 Å². The van der Waals surface area contributed by atoms with Gasteiger partial charge >= 0.3 is 5.97 Å². The fourth-order valence-electron chi connectivity index (χ4n) is 2.76. The van der Waals surface area contributed by atoms with Gasteiger partial charge in [0.25, 0.3) is 0 Å². The van der Waals surface area contributed by atoms with Gasteiger partial charge in [0.2, 0.25) is 0 Å². The number of ether oxygens (including phenoxy) is 1. The summed E-state index contributed by atoms with van der Waals surface area (Å²) in [5.41, 5.74) is 2.03. The minimum absolute atomic E-state index is 0.0540. The Morgan fingerprint density at radius 3 is 2.62 bits per heavy atom. The van der Waals surface area contributed by atoms with Crippen molar-refractivity contribution in [1.82, 2.24) is 14.6 Å². The molecule has 0 unspecified atom stereocenters. The van der Waals surface area contributed by atoms with Crippen molar-refractivity contribution in [2.45, 2.75) is 26.8 Å². The zero-order chi connectivity index (χ0) is 21.3. The van der Waals surface area contributed by atoms with Gasteiger partial charge in [-0.2, -0.15) is 14.9 Å². The Morgan fingerprint density at radius 1 is 1.31 bits per heavy atom. The maximum atomic E-state index is 12.1. The molecule has 7 nitrogen and oxygen atoms in total. The van der Waals surface area contributed by atoms with Crippen LogP contribution in [-0.2, 0) is 4.74 Å². The summed E-state index contributed by atoms with van der Waals surface area (Å²) in [6.07, 6.45) is 1.39. The van der Waals surface area contributed by atoms with E-state index in [0.29, 0.717) is 33.4 Å². The van der Waals surface area contributed by atoms with E-state index >= 15 is 0 Å². The number of fused-ring (bicyclic) bond motifs is 1. The second-order valence-corrected chi connectivity index (χ2v) is 7.66. The topological polar surface area (TPSA) is 92.3 Å². The molecule has 0 spiro atoms. The smallest absolute Gasteiger partial charge is 0.343 e. The Bertz CT molecular complexity index is 1130. The van der Waals surface area contributed by atoms with Crippen molar-refractivity contribution in [3.05, 3.63) is 45.7 Å². The van der Waals surface area contributed by atoms with Crippen LogP contribution >= 0.6 is 23.2 Å². The number of carbonyl (C=O) groups excluding carboxylic acids is 1. The van der Waals surface area contributed by atoms with Crippen LogP contribution in [0.15, 0.2) is 24.4 Å². The predicted octanol–water partition coefficient (Wildman–Crippen LogP) is 4.82. The van der Waals surface area contributed by atoms with Crippen LogP contribution in [-0.4, -0.2) is 33.7 Å². The second-order valence-electron chi connectivity index (χ2n) is 6.89. The first-order chi connectivity index (χ1) is 13.8. The molecular weight excluding hydrogens is 413 g/mol. The predicted molar refractivity (Wildman–Crippen MR) is 112 cm³/mol. The van der Waals surface area contributed by atoms with E-state index in [1.807, 2.05) is 6.92 Å². The second kappa shape index (κ2) is 8.27. The molecule has 0 aliphatic heterocycles. The van der Waals surface area contributed by atoms with Gasteiger partial charge in [0.1, 0.15) is 16.5 Å². The Hall–Kier alpha value is -2.82. The molecular formula is C20H19Cl2N5O2. The zero-order valence-electron chi connectivity index (χ0n) is 16.3. The molecule has 0 saturated carbocycles. The number of rotatable bonds is 5. The van der Waals surface area contributed by atoms with Gasteiger partial charge in [0.05, 0.1) is 30.5 Å². The zero-order valence-corrected chi connectivity index (χ0v) is 17.8. The van der Waals surface area contributed by atoms with Crippen LogP contribution < -0.4 is 5.32 Å². The highest BCUT2D eigenvalue weighted by atomic mass is 35.5. The van der Waals surface area contributed by atoms with Crippen LogP contribution in [0.5, 0.6) is 0 Å². The number of hydrogen-bond acceptors (Lipinski definition) is 6. The van der Waals surface area contributed by atoms with Crippen LogP contribution in [0.4, 0.5) is 5.82 Å². The van der Waals surface area contributed by atoms with E-state index in [1.54, 1.807) is 18.2 Å². The first-order valence-electron chi connectivity index (χ1n) is 8.90. The van der Waals surface area contributed by atoms with Crippen molar-refractivity contribution in [2.75, 3.05) is 12.4 Å². The Balaban J connectivity index is 2.33. The van der Waals surface area contributed by atoms with Crippen LogP contribution in [0, 0.1) is 17.2 Å². The Kier molecular flexibility index (Phi) is 5.96. The highest BCUT2D eigenvalue weighted by Gasteiger charge is 2.24. The molecule has 150 valence electrons. The summed E-state index contributed by atoms with van der Waals surface area (Å²) in [5, 5.41) is 17.4. The molecule has 0 saturated heterocycles. The number of carbonyl (C=O) groups is 1. The maximum Gasteiger partial charge on any atom is 0.343 e. The van der Waals surface area contributed by atoms with Crippen molar-refractivity contribution >= 4 is 40.6 Å². The van der Waals surface area contributed by atoms with E-state index in [-0.39, 0.29) is 22.4 Å². The molecule has 2 aromatic heterocycles. The van der Waals surface area contributed by atoms with E-state index in [2.05, 4.69) is 35.3 Å². The molecule has 0 bridgehead atoms. The number of aromatic nitrogens is 3. The summed E-state index contributed by atoms with van der Waals surface area (Å²) >= 11 is 13.0. The van der Waals surface area contributed by atoms with Gasteiger partial charge in [0.15, 0.2) is 5.65 Å². The van der Waals surface area contributed by atoms with Gasteiger partial charge in [-0.05, 0) is 25.0 Å². The summed E-state index contributed by atoms with van der Waals surface area (Å²) in [6.45, 7) is 6.18. The molecule has 29 heavy (non-hydrogen) atoms. The molecule has 1 atom stereocenters. The number of benzene rings is 1. The quantitative estimate of drug-likeness (QED) is 0.459. The largest absolute Gasteiger partial charge is 0.465 e. The van der Waals surface area contributed by atoms with E-state index in [9.17, 15) is 4.79 Å². The van der Waals surface area contributed by atoms with Gasteiger partial charge in [0, 0.05) is 16.6 Å². The van der Waals surface area contributed by atoms with Crippen LogP contribution in [0.25, 0.3) is 16.8 Å². The monoisotopic (exact) mass is 431 g/mol. The molecule has 3 aromatic rings. The number of nitrogens with zero attached hydrogens (tertiary/aromatic N) is 4. The fraction of sp³-hybridized carbons (Fsp3) is 0.300. The summed E-state index contributed by atoms with van der Waals surface area (Å²) in [6, 6.07) is 7.04. The number of methoxy groups -OCH3 is 1. The lowest BCUT2D eigenvalue weighted by Crippen LogP contribution is -2.24. The van der Waals surface area contributed by atoms with Crippen molar-refractivity contribution in [3.8, 4) is 17.2 Å². The van der Waals surface area contributed by atoms with Gasteiger partial charge in [-0.25, -0.2) is 9.78 Å². The third-order valence-electron chi connectivity index (χ3n) is 4.74. The molecule has 0 fully saturated rings.